The maximum atomic E-state index is 12.1. The van der Waals surface area contributed by atoms with Gasteiger partial charge in [0.15, 0.2) is 9.84 Å². The number of carbonyl (C=O) groups is 2. The van der Waals surface area contributed by atoms with Crippen LogP contribution in [-0.4, -0.2) is 37.6 Å². The highest BCUT2D eigenvalue weighted by Crippen LogP contribution is 2.15. The first-order valence-corrected chi connectivity index (χ1v) is 9.03. The molecule has 0 aliphatic rings. The number of amides is 2. The van der Waals surface area contributed by atoms with Gasteiger partial charge in [0.05, 0.1) is 4.90 Å². The molecular weight excluding hydrogens is 340 g/mol. The second-order valence-corrected chi connectivity index (χ2v) is 8.67. The largest absolute Gasteiger partial charge is 0.350 e. The molecule has 128 valence electrons. The Morgan fingerprint density at radius 2 is 1.70 bits per heavy atom. The van der Waals surface area contributed by atoms with Crippen LogP contribution >= 0.6 is 11.6 Å². The molecule has 0 bridgehead atoms. The van der Waals surface area contributed by atoms with Gasteiger partial charge >= 0.3 is 0 Å². The van der Waals surface area contributed by atoms with Crippen molar-refractivity contribution in [3.05, 3.63) is 29.3 Å². The normalized spacial score (nSPS) is 13.3. The van der Waals surface area contributed by atoms with Crippen LogP contribution in [0.4, 0.5) is 0 Å². The molecule has 1 rings (SSSR count). The highest BCUT2D eigenvalue weighted by molar-refractivity contribution is 7.92. The van der Waals surface area contributed by atoms with Gasteiger partial charge in [-0.1, -0.05) is 11.6 Å². The van der Waals surface area contributed by atoms with Gasteiger partial charge in [0, 0.05) is 10.6 Å². The van der Waals surface area contributed by atoms with Crippen LogP contribution in [0.3, 0.4) is 0 Å². The van der Waals surface area contributed by atoms with Crippen LogP contribution in [0.5, 0.6) is 0 Å². The number of hydrogen-bond donors (Lipinski definition) is 2. The fourth-order valence-electron chi connectivity index (χ4n) is 1.72. The zero-order chi connectivity index (χ0) is 17.8. The Kier molecular flexibility index (Phi) is 6.18. The molecule has 2 N–H and O–H groups in total. The Labute approximate surface area is 141 Å². The summed E-state index contributed by atoms with van der Waals surface area (Å²) in [5.41, 5.74) is -0.439. The summed E-state index contributed by atoms with van der Waals surface area (Å²) in [4.78, 5) is 23.8. The predicted octanol–water partition coefficient (Wildman–Crippen LogP) is 1.53. The first-order valence-electron chi connectivity index (χ1n) is 7.00. The molecule has 1 unspecified atom stereocenters. The Hall–Kier alpha value is -1.60. The second kappa shape index (κ2) is 7.31. The first-order chi connectivity index (χ1) is 10.4. The molecule has 0 aliphatic heterocycles. The van der Waals surface area contributed by atoms with Crippen LogP contribution < -0.4 is 10.6 Å². The van der Waals surface area contributed by atoms with Crippen LogP contribution in [0.25, 0.3) is 0 Å². The van der Waals surface area contributed by atoms with E-state index in [0.717, 1.165) is 0 Å². The van der Waals surface area contributed by atoms with E-state index in [1.807, 2.05) is 20.8 Å². The molecule has 2 amide bonds. The van der Waals surface area contributed by atoms with E-state index < -0.39 is 33.1 Å². The third-order valence-corrected chi connectivity index (χ3v) is 4.65. The molecule has 0 heterocycles. The number of benzene rings is 1. The quantitative estimate of drug-likeness (QED) is 0.832. The SMILES string of the molecule is CC(NC(=O)CS(=O)(=O)c1ccc(Cl)cc1)C(=O)NC(C)(C)C. The van der Waals surface area contributed by atoms with Crippen LogP contribution in [0.2, 0.25) is 5.02 Å². The van der Waals surface area contributed by atoms with Gasteiger partial charge in [0.25, 0.3) is 0 Å². The number of sulfone groups is 1. The standard InChI is InChI=1S/C15H21ClN2O4S/c1-10(14(20)18-15(2,3)4)17-13(19)9-23(21,22)12-7-5-11(16)6-8-12/h5-8,10H,9H2,1-4H3,(H,17,19)(H,18,20). The van der Waals surface area contributed by atoms with Crippen molar-refractivity contribution in [1.82, 2.24) is 10.6 Å². The maximum absolute atomic E-state index is 12.1. The van der Waals surface area contributed by atoms with Crippen molar-refractivity contribution in [1.29, 1.82) is 0 Å². The van der Waals surface area contributed by atoms with E-state index in [0.29, 0.717) is 5.02 Å². The van der Waals surface area contributed by atoms with Gasteiger partial charge in [-0.05, 0) is 52.0 Å². The molecule has 0 saturated heterocycles. The van der Waals surface area contributed by atoms with E-state index in [-0.39, 0.29) is 10.8 Å². The third-order valence-electron chi connectivity index (χ3n) is 2.76. The van der Waals surface area contributed by atoms with E-state index in [1.165, 1.54) is 31.2 Å². The molecule has 6 nitrogen and oxygen atoms in total. The maximum Gasteiger partial charge on any atom is 0.242 e. The van der Waals surface area contributed by atoms with E-state index in [9.17, 15) is 18.0 Å². The average Bonchev–Trinajstić information content (AvgIpc) is 2.36. The minimum absolute atomic E-state index is 0.00356. The van der Waals surface area contributed by atoms with Gasteiger partial charge in [0.2, 0.25) is 11.8 Å². The van der Waals surface area contributed by atoms with E-state index in [4.69, 9.17) is 11.6 Å². The van der Waals surface area contributed by atoms with E-state index in [2.05, 4.69) is 10.6 Å². The molecule has 8 heteroatoms. The predicted molar refractivity (Wildman–Crippen MR) is 89.0 cm³/mol. The monoisotopic (exact) mass is 360 g/mol. The summed E-state index contributed by atoms with van der Waals surface area (Å²) in [5, 5.41) is 5.49. The molecule has 0 aromatic heterocycles. The van der Waals surface area contributed by atoms with Gasteiger partial charge in [0.1, 0.15) is 11.8 Å². The number of nitrogens with one attached hydrogen (secondary N) is 2. The van der Waals surface area contributed by atoms with Crippen molar-refractivity contribution in [2.45, 2.75) is 44.2 Å². The van der Waals surface area contributed by atoms with Crippen molar-refractivity contribution in [2.24, 2.45) is 0 Å². The number of hydrogen-bond acceptors (Lipinski definition) is 4. The summed E-state index contributed by atoms with van der Waals surface area (Å²) in [6.07, 6.45) is 0. The smallest absolute Gasteiger partial charge is 0.242 e. The molecular formula is C15H21ClN2O4S. The zero-order valence-electron chi connectivity index (χ0n) is 13.5. The molecule has 1 aromatic carbocycles. The fraction of sp³-hybridized carbons (Fsp3) is 0.467. The fourth-order valence-corrected chi connectivity index (χ4v) is 3.00. The molecule has 23 heavy (non-hydrogen) atoms. The summed E-state index contributed by atoms with van der Waals surface area (Å²) in [6, 6.07) is 4.71. The van der Waals surface area contributed by atoms with Gasteiger partial charge in [-0.2, -0.15) is 0 Å². The Balaban J connectivity index is 2.69. The molecule has 0 radical (unpaired) electrons. The van der Waals surface area contributed by atoms with E-state index in [1.54, 1.807) is 0 Å². The summed E-state index contributed by atoms with van der Waals surface area (Å²) in [6.45, 7) is 6.92. The number of rotatable bonds is 5. The van der Waals surface area contributed by atoms with E-state index >= 15 is 0 Å². The summed E-state index contributed by atoms with van der Waals surface area (Å²) < 4.78 is 24.3. The second-order valence-electron chi connectivity index (χ2n) is 6.24. The zero-order valence-corrected chi connectivity index (χ0v) is 15.1. The lowest BCUT2D eigenvalue weighted by molar-refractivity contribution is -0.128. The summed E-state index contributed by atoms with van der Waals surface area (Å²) >= 11 is 5.71. The minimum atomic E-state index is -3.79. The highest BCUT2D eigenvalue weighted by Gasteiger charge is 2.24. The van der Waals surface area contributed by atoms with Crippen molar-refractivity contribution in [3.63, 3.8) is 0 Å². The Morgan fingerprint density at radius 1 is 1.17 bits per heavy atom. The molecule has 0 spiro atoms. The number of carbonyl (C=O) groups excluding carboxylic acids is 2. The van der Waals surface area contributed by atoms with Gasteiger partial charge < -0.3 is 10.6 Å². The molecule has 0 fully saturated rings. The number of halogens is 1. The molecule has 1 aromatic rings. The summed E-state index contributed by atoms with van der Waals surface area (Å²) in [7, 11) is -3.79. The lowest BCUT2D eigenvalue weighted by atomic mass is 10.1. The first kappa shape index (κ1) is 19.4. The van der Waals surface area contributed by atoms with Crippen LogP contribution in [-0.2, 0) is 19.4 Å². The topological polar surface area (TPSA) is 92.3 Å². The van der Waals surface area contributed by atoms with Crippen LogP contribution in [0, 0.1) is 0 Å². The lowest BCUT2D eigenvalue weighted by Gasteiger charge is -2.23. The third kappa shape index (κ3) is 6.58. The van der Waals surface area contributed by atoms with Crippen molar-refractivity contribution < 1.29 is 18.0 Å². The van der Waals surface area contributed by atoms with Gasteiger partial charge in [-0.25, -0.2) is 8.42 Å². The van der Waals surface area contributed by atoms with Gasteiger partial charge in [-0.15, -0.1) is 0 Å². The van der Waals surface area contributed by atoms with Crippen LogP contribution in [0.15, 0.2) is 29.2 Å². The Morgan fingerprint density at radius 3 is 2.17 bits per heavy atom. The van der Waals surface area contributed by atoms with Gasteiger partial charge in [-0.3, -0.25) is 9.59 Å². The lowest BCUT2D eigenvalue weighted by Crippen LogP contribution is -2.51. The van der Waals surface area contributed by atoms with Crippen molar-refractivity contribution in [3.8, 4) is 0 Å². The average molecular weight is 361 g/mol. The molecule has 0 aliphatic carbocycles. The Bertz CT molecular complexity index is 678. The summed E-state index contributed by atoms with van der Waals surface area (Å²) in [5.74, 6) is -1.85. The molecule has 1 atom stereocenters. The highest BCUT2D eigenvalue weighted by atomic mass is 35.5. The molecule has 0 saturated carbocycles. The van der Waals surface area contributed by atoms with Crippen molar-refractivity contribution in [2.75, 3.05) is 5.75 Å². The van der Waals surface area contributed by atoms with Crippen molar-refractivity contribution >= 4 is 33.3 Å². The minimum Gasteiger partial charge on any atom is -0.350 e. The van der Waals surface area contributed by atoms with Crippen LogP contribution in [0.1, 0.15) is 27.7 Å².